The lowest BCUT2D eigenvalue weighted by Crippen LogP contribution is -2.27. The molecule has 2 rings (SSSR count). The lowest BCUT2D eigenvalue weighted by atomic mass is 10.00. The molecule has 0 unspecified atom stereocenters. The first-order chi connectivity index (χ1) is 9.13. The molecule has 0 radical (unpaired) electrons. The molecule has 0 bridgehead atoms. The summed E-state index contributed by atoms with van der Waals surface area (Å²) in [4.78, 5) is 0. The summed E-state index contributed by atoms with van der Waals surface area (Å²) in [6, 6.07) is 3.88. The second-order valence-electron chi connectivity index (χ2n) is 4.75. The second kappa shape index (κ2) is 6.12. The fraction of sp³-hybridized carbons (Fsp3) is 0.600. The number of ether oxygens (including phenoxy) is 3. The molecule has 3 nitrogen and oxygen atoms in total. The van der Waals surface area contributed by atoms with Crippen LogP contribution in [-0.4, -0.2) is 19.8 Å². The van der Waals surface area contributed by atoms with Gasteiger partial charge in [-0.2, -0.15) is 0 Å². The van der Waals surface area contributed by atoms with Gasteiger partial charge in [-0.1, -0.05) is 25.4 Å². The highest BCUT2D eigenvalue weighted by Gasteiger charge is 2.39. The van der Waals surface area contributed by atoms with Gasteiger partial charge in [0.05, 0.1) is 25.4 Å². The highest BCUT2D eigenvalue weighted by atomic mass is 35.5. The third-order valence-electron chi connectivity index (χ3n) is 3.35. The highest BCUT2D eigenvalue weighted by molar-refractivity contribution is 6.31. The largest absolute Gasteiger partial charge is 0.493 e. The van der Waals surface area contributed by atoms with Crippen LogP contribution in [0.25, 0.3) is 0 Å². The van der Waals surface area contributed by atoms with Crippen LogP contribution < -0.4 is 4.74 Å². The fourth-order valence-corrected chi connectivity index (χ4v) is 2.45. The predicted octanol–water partition coefficient (Wildman–Crippen LogP) is 4.05. The Morgan fingerprint density at radius 3 is 2.53 bits per heavy atom. The number of hydrogen-bond donors (Lipinski definition) is 0. The zero-order chi connectivity index (χ0) is 13.9. The van der Waals surface area contributed by atoms with Crippen LogP contribution in [0.3, 0.4) is 0 Å². The smallest absolute Gasteiger partial charge is 0.198 e. The Morgan fingerprint density at radius 2 is 1.95 bits per heavy atom. The highest BCUT2D eigenvalue weighted by Crippen LogP contribution is 2.42. The Hall–Kier alpha value is -0.770. The third kappa shape index (κ3) is 2.88. The molecule has 1 saturated heterocycles. The van der Waals surface area contributed by atoms with Crippen LogP contribution in [0, 0.1) is 6.92 Å². The molecule has 0 saturated carbocycles. The van der Waals surface area contributed by atoms with Crippen molar-refractivity contribution in [1.82, 2.24) is 0 Å². The van der Waals surface area contributed by atoms with Crippen LogP contribution >= 0.6 is 11.6 Å². The summed E-state index contributed by atoms with van der Waals surface area (Å²) in [6.45, 7) is 7.98. The van der Waals surface area contributed by atoms with Crippen LogP contribution in [0.1, 0.15) is 37.8 Å². The van der Waals surface area contributed by atoms with Gasteiger partial charge in [0.2, 0.25) is 0 Å². The minimum Gasteiger partial charge on any atom is -0.493 e. The van der Waals surface area contributed by atoms with E-state index in [1.165, 1.54) is 0 Å². The van der Waals surface area contributed by atoms with E-state index >= 15 is 0 Å². The van der Waals surface area contributed by atoms with E-state index in [0.29, 0.717) is 24.8 Å². The number of rotatable bonds is 5. The van der Waals surface area contributed by atoms with Crippen LogP contribution in [0.5, 0.6) is 5.75 Å². The molecular weight excluding hydrogens is 264 g/mol. The molecule has 0 aliphatic carbocycles. The zero-order valence-corrected chi connectivity index (χ0v) is 12.5. The Morgan fingerprint density at radius 1 is 1.26 bits per heavy atom. The molecule has 19 heavy (non-hydrogen) atoms. The van der Waals surface area contributed by atoms with Crippen molar-refractivity contribution in [2.45, 2.75) is 39.4 Å². The monoisotopic (exact) mass is 284 g/mol. The fourth-order valence-electron chi connectivity index (χ4n) is 2.29. The Balaban J connectivity index is 2.44. The molecular formula is C15H21ClO3. The molecule has 1 heterocycles. The number of benzene rings is 1. The van der Waals surface area contributed by atoms with E-state index in [4.69, 9.17) is 25.8 Å². The SMILES string of the molecule is CCCOc1cc(C)c(Cl)cc1C1(CC)OCCO1. The van der Waals surface area contributed by atoms with E-state index in [-0.39, 0.29) is 0 Å². The number of hydrogen-bond acceptors (Lipinski definition) is 3. The minimum absolute atomic E-state index is 0.604. The van der Waals surface area contributed by atoms with Gasteiger partial charge in [0.25, 0.3) is 0 Å². The molecule has 1 aromatic carbocycles. The molecule has 0 amide bonds. The number of halogens is 1. The average molecular weight is 285 g/mol. The summed E-state index contributed by atoms with van der Waals surface area (Å²) in [5.74, 6) is 0.105. The maximum Gasteiger partial charge on any atom is 0.198 e. The topological polar surface area (TPSA) is 27.7 Å². The first-order valence-corrected chi connectivity index (χ1v) is 7.22. The van der Waals surface area contributed by atoms with Gasteiger partial charge >= 0.3 is 0 Å². The van der Waals surface area contributed by atoms with Crippen molar-refractivity contribution in [3.05, 3.63) is 28.3 Å². The molecule has 0 N–H and O–H groups in total. The maximum absolute atomic E-state index is 6.25. The van der Waals surface area contributed by atoms with Crippen molar-refractivity contribution in [1.29, 1.82) is 0 Å². The van der Waals surface area contributed by atoms with E-state index in [9.17, 15) is 0 Å². The van der Waals surface area contributed by atoms with Gasteiger partial charge < -0.3 is 14.2 Å². The van der Waals surface area contributed by atoms with Gasteiger partial charge in [0.15, 0.2) is 5.79 Å². The van der Waals surface area contributed by atoms with Crippen molar-refractivity contribution in [2.24, 2.45) is 0 Å². The van der Waals surface area contributed by atoms with Crippen molar-refractivity contribution in [3.8, 4) is 5.75 Å². The molecule has 0 spiro atoms. The first kappa shape index (κ1) is 14.6. The summed E-state index contributed by atoms with van der Waals surface area (Å²) in [6.07, 6.45) is 1.69. The van der Waals surface area contributed by atoms with Crippen molar-refractivity contribution in [2.75, 3.05) is 19.8 Å². The Kier molecular flexibility index (Phi) is 4.71. The van der Waals surface area contributed by atoms with Crippen LogP contribution in [0.15, 0.2) is 12.1 Å². The van der Waals surface area contributed by atoms with Crippen LogP contribution in [-0.2, 0) is 15.3 Å². The van der Waals surface area contributed by atoms with E-state index in [2.05, 4.69) is 6.92 Å². The summed E-state index contributed by atoms with van der Waals surface area (Å²) in [5.41, 5.74) is 1.90. The van der Waals surface area contributed by atoms with Gasteiger partial charge in [-0.05, 0) is 31.0 Å². The third-order valence-corrected chi connectivity index (χ3v) is 3.76. The molecule has 0 atom stereocenters. The van der Waals surface area contributed by atoms with Crippen LogP contribution in [0.2, 0.25) is 5.02 Å². The normalized spacial score (nSPS) is 17.7. The van der Waals surface area contributed by atoms with E-state index in [0.717, 1.165) is 29.7 Å². The lowest BCUT2D eigenvalue weighted by Gasteiger charge is -2.29. The van der Waals surface area contributed by atoms with Gasteiger partial charge in [-0.15, -0.1) is 0 Å². The van der Waals surface area contributed by atoms with E-state index in [1.54, 1.807) is 0 Å². The maximum atomic E-state index is 6.25. The summed E-state index contributed by atoms with van der Waals surface area (Å²) >= 11 is 6.25. The lowest BCUT2D eigenvalue weighted by molar-refractivity contribution is -0.168. The minimum atomic E-state index is -0.708. The molecule has 106 valence electrons. The van der Waals surface area contributed by atoms with Gasteiger partial charge in [-0.25, -0.2) is 0 Å². The second-order valence-corrected chi connectivity index (χ2v) is 5.16. The van der Waals surface area contributed by atoms with E-state index < -0.39 is 5.79 Å². The first-order valence-electron chi connectivity index (χ1n) is 6.84. The summed E-state index contributed by atoms with van der Waals surface area (Å²) in [7, 11) is 0. The molecule has 1 aliphatic rings. The quantitative estimate of drug-likeness (QED) is 0.816. The van der Waals surface area contributed by atoms with Crippen molar-refractivity contribution >= 4 is 11.6 Å². The average Bonchev–Trinajstić information content (AvgIpc) is 2.89. The van der Waals surface area contributed by atoms with Crippen LogP contribution in [0.4, 0.5) is 0 Å². The standard InChI is InChI=1S/C15H21ClO3/c1-4-6-17-14-9-11(3)13(16)10-12(14)15(5-2)18-7-8-19-15/h9-10H,4-8H2,1-3H3. The van der Waals surface area contributed by atoms with Gasteiger partial charge in [0, 0.05) is 11.4 Å². The van der Waals surface area contributed by atoms with E-state index in [1.807, 2.05) is 26.0 Å². The Labute approximate surface area is 119 Å². The molecule has 1 fully saturated rings. The van der Waals surface area contributed by atoms with Crippen molar-refractivity contribution < 1.29 is 14.2 Å². The summed E-state index contributed by atoms with van der Waals surface area (Å²) < 4.78 is 17.5. The molecule has 1 aromatic rings. The zero-order valence-electron chi connectivity index (χ0n) is 11.8. The Bertz CT molecular complexity index is 439. The van der Waals surface area contributed by atoms with Gasteiger partial charge in [0.1, 0.15) is 5.75 Å². The molecule has 4 heteroatoms. The molecule has 1 aliphatic heterocycles. The summed E-state index contributed by atoms with van der Waals surface area (Å²) in [5, 5.41) is 0.714. The van der Waals surface area contributed by atoms with Crippen molar-refractivity contribution in [3.63, 3.8) is 0 Å². The predicted molar refractivity (Wildman–Crippen MR) is 75.8 cm³/mol. The number of aryl methyl sites for hydroxylation is 1. The van der Waals surface area contributed by atoms with Gasteiger partial charge in [-0.3, -0.25) is 0 Å². The molecule has 0 aromatic heterocycles.